The van der Waals surface area contributed by atoms with Crippen LogP contribution in [0, 0.1) is 4.91 Å². The Kier molecular flexibility index (Phi) is 8.70. The molecule has 1 atom stereocenters. The Hall–Kier alpha value is -2.90. The van der Waals surface area contributed by atoms with Gasteiger partial charge in [0.15, 0.2) is 0 Å². The standard InChI is InChI=1S/C17H22N2O6/c1-3-24-16(21)15(19-23)14(20)10-9-12(2)18-17(22)25-11-13-7-5-4-6-8-13/h4-8,12,20H,3,9-11H2,1-2H3,(H,18,22)/b15-14-. The lowest BCUT2D eigenvalue weighted by Gasteiger charge is -2.14. The zero-order valence-electron chi connectivity index (χ0n) is 14.2. The zero-order chi connectivity index (χ0) is 18.7. The van der Waals surface area contributed by atoms with Crippen molar-refractivity contribution in [1.82, 2.24) is 5.32 Å². The second kappa shape index (κ2) is 10.8. The van der Waals surface area contributed by atoms with Gasteiger partial charge < -0.3 is 19.9 Å². The lowest BCUT2D eigenvalue weighted by Crippen LogP contribution is -2.33. The Labute approximate surface area is 145 Å². The number of hydrogen-bond acceptors (Lipinski definition) is 7. The minimum absolute atomic E-state index is 0.0139. The summed E-state index contributed by atoms with van der Waals surface area (Å²) in [5, 5.41) is 14.9. The summed E-state index contributed by atoms with van der Waals surface area (Å²) in [6.07, 6.45) is -0.330. The molecule has 0 aliphatic rings. The summed E-state index contributed by atoms with van der Waals surface area (Å²) in [7, 11) is 0. The van der Waals surface area contributed by atoms with Crippen molar-refractivity contribution < 1.29 is 24.2 Å². The lowest BCUT2D eigenvalue weighted by molar-refractivity contribution is -0.138. The van der Waals surface area contributed by atoms with E-state index >= 15 is 0 Å². The van der Waals surface area contributed by atoms with Crippen molar-refractivity contribution in [2.75, 3.05) is 6.61 Å². The second-order valence-corrected chi connectivity index (χ2v) is 5.25. The van der Waals surface area contributed by atoms with Gasteiger partial charge in [0.25, 0.3) is 0 Å². The number of amides is 1. The molecule has 1 rings (SSSR count). The van der Waals surface area contributed by atoms with Crippen molar-refractivity contribution in [2.24, 2.45) is 5.18 Å². The first-order valence-corrected chi connectivity index (χ1v) is 7.87. The van der Waals surface area contributed by atoms with E-state index in [1.807, 2.05) is 30.3 Å². The van der Waals surface area contributed by atoms with Gasteiger partial charge >= 0.3 is 12.1 Å². The van der Waals surface area contributed by atoms with Gasteiger partial charge in [0.05, 0.1) is 6.61 Å². The highest BCUT2D eigenvalue weighted by molar-refractivity contribution is 5.88. The van der Waals surface area contributed by atoms with Gasteiger partial charge in [-0.15, -0.1) is 4.91 Å². The fraction of sp³-hybridized carbons (Fsp3) is 0.412. The molecule has 2 N–H and O–H groups in total. The number of ether oxygens (including phenoxy) is 2. The Morgan fingerprint density at radius 1 is 1.24 bits per heavy atom. The first-order valence-electron chi connectivity index (χ1n) is 7.87. The molecule has 8 heteroatoms. The molecule has 0 fully saturated rings. The number of nitroso groups, excluding NO2 is 1. The van der Waals surface area contributed by atoms with Gasteiger partial charge in [-0.2, -0.15) is 0 Å². The Morgan fingerprint density at radius 3 is 2.52 bits per heavy atom. The van der Waals surface area contributed by atoms with Crippen molar-refractivity contribution in [3.63, 3.8) is 0 Å². The van der Waals surface area contributed by atoms with Crippen LogP contribution >= 0.6 is 0 Å². The Bertz CT molecular complexity index is 615. The van der Waals surface area contributed by atoms with Crippen molar-refractivity contribution in [3.8, 4) is 0 Å². The molecule has 0 aromatic heterocycles. The zero-order valence-corrected chi connectivity index (χ0v) is 14.2. The predicted molar refractivity (Wildman–Crippen MR) is 90.5 cm³/mol. The summed E-state index contributed by atoms with van der Waals surface area (Å²) in [5.74, 6) is -1.45. The maximum absolute atomic E-state index is 11.7. The Balaban J connectivity index is 2.42. The van der Waals surface area contributed by atoms with E-state index in [1.54, 1.807) is 13.8 Å². The number of allylic oxidation sites excluding steroid dienone is 1. The van der Waals surface area contributed by atoms with E-state index in [1.165, 1.54) is 0 Å². The van der Waals surface area contributed by atoms with Gasteiger partial charge in [-0.1, -0.05) is 30.3 Å². The van der Waals surface area contributed by atoms with Crippen molar-refractivity contribution in [2.45, 2.75) is 39.3 Å². The van der Waals surface area contributed by atoms with Crippen LogP contribution in [0.4, 0.5) is 4.79 Å². The molecule has 8 nitrogen and oxygen atoms in total. The highest BCUT2D eigenvalue weighted by atomic mass is 16.5. The van der Waals surface area contributed by atoms with Crippen LogP contribution < -0.4 is 5.32 Å². The summed E-state index contributed by atoms with van der Waals surface area (Å²) in [5.41, 5.74) is 0.211. The van der Waals surface area contributed by atoms with Gasteiger partial charge in [-0.3, -0.25) is 0 Å². The maximum atomic E-state index is 11.7. The first kappa shape index (κ1) is 20.1. The van der Waals surface area contributed by atoms with Gasteiger partial charge in [-0.25, -0.2) is 9.59 Å². The molecule has 1 aromatic carbocycles. The van der Waals surface area contributed by atoms with Crippen LogP contribution in [0.3, 0.4) is 0 Å². The van der Waals surface area contributed by atoms with Gasteiger partial charge in [0, 0.05) is 12.5 Å². The Morgan fingerprint density at radius 2 is 1.92 bits per heavy atom. The van der Waals surface area contributed by atoms with Crippen LogP contribution in [0.5, 0.6) is 0 Å². The number of aliphatic hydroxyl groups is 1. The minimum atomic E-state index is -0.974. The molecule has 25 heavy (non-hydrogen) atoms. The van der Waals surface area contributed by atoms with Crippen LogP contribution in [-0.2, 0) is 20.9 Å². The number of esters is 1. The molecule has 0 radical (unpaired) electrons. The molecule has 0 saturated carbocycles. The topological polar surface area (TPSA) is 114 Å². The SMILES string of the molecule is CCOC(=O)/C(N=O)=C(/O)CCC(C)NC(=O)OCc1ccccc1. The van der Waals surface area contributed by atoms with Gasteiger partial charge in [0.1, 0.15) is 12.4 Å². The molecule has 1 amide bonds. The molecule has 0 bridgehead atoms. The number of rotatable bonds is 9. The van der Waals surface area contributed by atoms with E-state index in [0.717, 1.165) is 5.56 Å². The van der Waals surface area contributed by atoms with Crippen LogP contribution in [0.25, 0.3) is 0 Å². The summed E-state index contributed by atoms with van der Waals surface area (Å²) in [6.45, 7) is 3.49. The molecule has 0 spiro atoms. The smallest absolute Gasteiger partial charge is 0.407 e. The van der Waals surface area contributed by atoms with Crippen LogP contribution in [0.2, 0.25) is 0 Å². The normalized spacial score (nSPS) is 12.6. The number of aliphatic hydroxyl groups excluding tert-OH is 1. The summed E-state index contributed by atoms with van der Waals surface area (Å²) >= 11 is 0. The summed E-state index contributed by atoms with van der Waals surface area (Å²) < 4.78 is 9.70. The maximum Gasteiger partial charge on any atom is 0.407 e. The third kappa shape index (κ3) is 7.47. The molecular weight excluding hydrogens is 328 g/mol. The minimum Gasteiger partial charge on any atom is -0.510 e. The summed E-state index contributed by atoms with van der Waals surface area (Å²) in [4.78, 5) is 33.8. The largest absolute Gasteiger partial charge is 0.510 e. The number of carbonyl (C=O) groups excluding carboxylic acids is 2. The first-order chi connectivity index (χ1) is 12.0. The molecular formula is C17H22N2O6. The number of carbonyl (C=O) groups is 2. The van der Waals surface area contributed by atoms with E-state index in [9.17, 15) is 19.6 Å². The third-order valence-corrected chi connectivity index (χ3v) is 3.22. The van der Waals surface area contributed by atoms with Gasteiger partial charge in [-0.05, 0) is 31.0 Å². The molecule has 0 aliphatic heterocycles. The molecule has 0 heterocycles. The molecule has 0 aliphatic carbocycles. The predicted octanol–water partition coefficient (Wildman–Crippen LogP) is 3.18. The van der Waals surface area contributed by atoms with Crippen LogP contribution in [0.1, 0.15) is 32.3 Å². The average molecular weight is 350 g/mol. The molecule has 1 unspecified atom stereocenters. The monoisotopic (exact) mass is 350 g/mol. The van der Waals surface area contributed by atoms with Gasteiger partial charge in [0.2, 0.25) is 5.70 Å². The number of hydrogen-bond donors (Lipinski definition) is 2. The number of alkyl carbamates (subject to hydrolysis) is 1. The van der Waals surface area contributed by atoms with Crippen LogP contribution in [-0.4, -0.2) is 29.8 Å². The van der Waals surface area contributed by atoms with Crippen molar-refractivity contribution >= 4 is 12.1 Å². The fourth-order valence-electron chi connectivity index (χ4n) is 1.92. The van der Waals surface area contributed by atoms with Crippen molar-refractivity contribution in [1.29, 1.82) is 0 Å². The molecule has 136 valence electrons. The quantitative estimate of drug-likeness (QED) is 0.306. The highest BCUT2D eigenvalue weighted by Crippen LogP contribution is 2.13. The van der Waals surface area contributed by atoms with Crippen LogP contribution in [0.15, 0.2) is 47.0 Å². The second-order valence-electron chi connectivity index (χ2n) is 5.25. The average Bonchev–Trinajstić information content (AvgIpc) is 2.60. The molecule has 0 saturated heterocycles. The third-order valence-electron chi connectivity index (χ3n) is 3.22. The van der Waals surface area contributed by atoms with Crippen molar-refractivity contribution in [3.05, 3.63) is 52.3 Å². The lowest BCUT2D eigenvalue weighted by atomic mass is 10.1. The summed E-state index contributed by atoms with van der Waals surface area (Å²) in [6, 6.07) is 8.88. The number of nitrogens with one attached hydrogen (secondary N) is 1. The molecule has 1 aromatic rings. The van der Waals surface area contributed by atoms with E-state index in [4.69, 9.17) is 4.74 Å². The van der Waals surface area contributed by atoms with E-state index in [0.29, 0.717) is 0 Å². The van der Waals surface area contributed by atoms with E-state index < -0.39 is 23.5 Å². The van der Waals surface area contributed by atoms with E-state index in [2.05, 4.69) is 15.2 Å². The van der Waals surface area contributed by atoms with E-state index in [-0.39, 0.29) is 32.1 Å². The fourth-order valence-corrected chi connectivity index (χ4v) is 1.92. The number of nitrogens with zero attached hydrogens (tertiary/aromatic N) is 1. The number of benzene rings is 1. The highest BCUT2D eigenvalue weighted by Gasteiger charge is 2.18.